The number of piperazine rings is 1. The fourth-order valence-corrected chi connectivity index (χ4v) is 1.38. The van der Waals surface area contributed by atoms with Gasteiger partial charge in [0.15, 0.2) is 0 Å². The van der Waals surface area contributed by atoms with Crippen molar-refractivity contribution in [2.24, 2.45) is 5.73 Å². The van der Waals surface area contributed by atoms with Gasteiger partial charge in [0.2, 0.25) is 11.8 Å². The Labute approximate surface area is 82.4 Å². The summed E-state index contributed by atoms with van der Waals surface area (Å²) in [7, 11) is 1.46. The summed E-state index contributed by atoms with van der Waals surface area (Å²) < 4.78 is 4.72. The Kier molecular flexibility index (Phi) is 3.84. The maximum absolute atomic E-state index is 11.4. The van der Waals surface area contributed by atoms with Crippen LogP contribution in [0.15, 0.2) is 0 Å². The van der Waals surface area contributed by atoms with E-state index in [1.165, 1.54) is 7.11 Å². The van der Waals surface area contributed by atoms with Crippen LogP contribution in [-0.2, 0) is 14.3 Å². The van der Waals surface area contributed by atoms with Crippen molar-refractivity contribution in [3.8, 4) is 0 Å². The Balaban J connectivity index is 2.47. The fourth-order valence-electron chi connectivity index (χ4n) is 1.38. The molecule has 6 nitrogen and oxygen atoms in total. The molecule has 2 amide bonds. The molecule has 0 saturated carbocycles. The average Bonchev–Trinajstić information content (AvgIpc) is 2.18. The zero-order valence-electron chi connectivity index (χ0n) is 8.16. The Hall–Kier alpha value is -1.14. The highest BCUT2D eigenvalue weighted by Crippen LogP contribution is 1.99. The predicted octanol–water partition coefficient (Wildman–Crippen LogP) is -2.08. The number of rotatable bonds is 3. The number of methoxy groups -OCH3 is 1. The molecule has 1 fully saturated rings. The van der Waals surface area contributed by atoms with E-state index in [4.69, 9.17) is 10.5 Å². The van der Waals surface area contributed by atoms with Crippen LogP contribution in [0.4, 0.5) is 0 Å². The molecule has 14 heavy (non-hydrogen) atoms. The van der Waals surface area contributed by atoms with E-state index < -0.39 is 11.9 Å². The monoisotopic (exact) mass is 201 g/mol. The number of ether oxygens (including phenoxy) is 1. The normalized spacial score (nSPS) is 22.1. The number of primary amides is 1. The summed E-state index contributed by atoms with van der Waals surface area (Å²) >= 11 is 0. The van der Waals surface area contributed by atoms with Crippen LogP contribution in [0.25, 0.3) is 0 Å². The lowest BCUT2D eigenvalue weighted by atomic mass is 10.2. The molecular formula is C8H15N3O3. The number of nitrogens with zero attached hydrogens (tertiary/aromatic N) is 1. The molecule has 0 aromatic carbocycles. The topological polar surface area (TPSA) is 84.7 Å². The van der Waals surface area contributed by atoms with Gasteiger partial charge in [-0.15, -0.1) is 0 Å². The molecule has 0 bridgehead atoms. The van der Waals surface area contributed by atoms with Crippen LogP contribution in [0.1, 0.15) is 0 Å². The Morgan fingerprint density at radius 2 is 2.36 bits per heavy atom. The molecule has 1 heterocycles. The summed E-state index contributed by atoms with van der Waals surface area (Å²) in [5.74, 6) is -0.542. The molecule has 1 rings (SSSR count). The van der Waals surface area contributed by atoms with Gasteiger partial charge in [-0.05, 0) is 0 Å². The summed E-state index contributed by atoms with van der Waals surface area (Å²) in [4.78, 5) is 23.8. The Morgan fingerprint density at radius 3 is 2.93 bits per heavy atom. The second-order valence-electron chi connectivity index (χ2n) is 3.18. The van der Waals surface area contributed by atoms with Crippen molar-refractivity contribution in [1.82, 2.24) is 10.2 Å². The van der Waals surface area contributed by atoms with E-state index in [9.17, 15) is 9.59 Å². The SMILES string of the molecule is COCC(=O)N1CCNC(C(N)=O)C1. The second kappa shape index (κ2) is 4.92. The molecule has 0 radical (unpaired) electrons. The number of hydrogen-bond acceptors (Lipinski definition) is 4. The van der Waals surface area contributed by atoms with Crippen molar-refractivity contribution in [2.75, 3.05) is 33.4 Å². The van der Waals surface area contributed by atoms with Crippen LogP contribution < -0.4 is 11.1 Å². The van der Waals surface area contributed by atoms with Gasteiger partial charge in [-0.2, -0.15) is 0 Å². The van der Waals surface area contributed by atoms with Crippen molar-refractivity contribution in [2.45, 2.75) is 6.04 Å². The molecule has 3 N–H and O–H groups in total. The van der Waals surface area contributed by atoms with Gasteiger partial charge in [-0.3, -0.25) is 9.59 Å². The minimum Gasteiger partial charge on any atom is -0.375 e. The molecule has 80 valence electrons. The minimum absolute atomic E-state index is 0.0471. The number of carbonyl (C=O) groups excluding carboxylic acids is 2. The van der Waals surface area contributed by atoms with Crippen molar-refractivity contribution in [3.05, 3.63) is 0 Å². The van der Waals surface area contributed by atoms with E-state index >= 15 is 0 Å². The highest BCUT2D eigenvalue weighted by atomic mass is 16.5. The highest BCUT2D eigenvalue weighted by molar-refractivity contribution is 5.82. The minimum atomic E-state index is -0.440. The fraction of sp³-hybridized carbons (Fsp3) is 0.750. The van der Waals surface area contributed by atoms with Crippen LogP contribution in [0, 0.1) is 0 Å². The van der Waals surface area contributed by atoms with Gasteiger partial charge in [0, 0.05) is 26.7 Å². The van der Waals surface area contributed by atoms with E-state index in [0.717, 1.165) is 0 Å². The number of hydrogen-bond donors (Lipinski definition) is 2. The third kappa shape index (κ3) is 2.68. The van der Waals surface area contributed by atoms with Crippen LogP contribution in [0.2, 0.25) is 0 Å². The largest absolute Gasteiger partial charge is 0.375 e. The summed E-state index contributed by atoms with van der Waals surface area (Å²) in [5.41, 5.74) is 5.13. The third-order valence-corrected chi connectivity index (χ3v) is 2.14. The van der Waals surface area contributed by atoms with Crippen LogP contribution >= 0.6 is 0 Å². The van der Waals surface area contributed by atoms with Crippen molar-refractivity contribution < 1.29 is 14.3 Å². The summed E-state index contributed by atoms with van der Waals surface area (Å²) in [5, 5.41) is 2.94. The van der Waals surface area contributed by atoms with Gasteiger partial charge in [-0.25, -0.2) is 0 Å². The first-order chi connectivity index (χ1) is 6.65. The molecule has 1 aliphatic heterocycles. The van der Waals surface area contributed by atoms with E-state index in [2.05, 4.69) is 5.32 Å². The first kappa shape index (κ1) is 10.9. The molecule has 1 atom stereocenters. The molecule has 6 heteroatoms. The maximum Gasteiger partial charge on any atom is 0.248 e. The second-order valence-corrected chi connectivity index (χ2v) is 3.18. The lowest BCUT2D eigenvalue weighted by Crippen LogP contribution is -2.57. The molecule has 1 aliphatic rings. The molecule has 0 aliphatic carbocycles. The van der Waals surface area contributed by atoms with Gasteiger partial charge < -0.3 is 20.7 Å². The predicted molar refractivity (Wildman–Crippen MR) is 49.4 cm³/mol. The highest BCUT2D eigenvalue weighted by Gasteiger charge is 2.25. The van der Waals surface area contributed by atoms with Crippen LogP contribution in [0.5, 0.6) is 0 Å². The maximum atomic E-state index is 11.4. The van der Waals surface area contributed by atoms with E-state index in [-0.39, 0.29) is 12.5 Å². The summed E-state index contributed by atoms with van der Waals surface area (Å²) in [6, 6.07) is -0.440. The van der Waals surface area contributed by atoms with E-state index in [1.54, 1.807) is 4.90 Å². The number of amides is 2. The van der Waals surface area contributed by atoms with Gasteiger partial charge in [0.25, 0.3) is 0 Å². The zero-order chi connectivity index (χ0) is 10.6. The molecular weight excluding hydrogens is 186 g/mol. The van der Waals surface area contributed by atoms with E-state index in [0.29, 0.717) is 19.6 Å². The van der Waals surface area contributed by atoms with E-state index in [1.807, 2.05) is 0 Å². The quantitative estimate of drug-likeness (QED) is 0.549. The van der Waals surface area contributed by atoms with Crippen molar-refractivity contribution in [1.29, 1.82) is 0 Å². The summed E-state index contributed by atoms with van der Waals surface area (Å²) in [6.45, 7) is 1.55. The van der Waals surface area contributed by atoms with Gasteiger partial charge in [-0.1, -0.05) is 0 Å². The summed E-state index contributed by atoms with van der Waals surface area (Å²) in [6.07, 6.45) is 0. The van der Waals surface area contributed by atoms with Crippen molar-refractivity contribution >= 4 is 11.8 Å². The lowest BCUT2D eigenvalue weighted by molar-refractivity contribution is -0.137. The standard InChI is InChI=1S/C8H15N3O3/c1-14-5-7(12)11-3-2-10-6(4-11)8(9)13/h6,10H,2-5H2,1H3,(H2,9,13). The smallest absolute Gasteiger partial charge is 0.248 e. The lowest BCUT2D eigenvalue weighted by Gasteiger charge is -2.31. The van der Waals surface area contributed by atoms with Gasteiger partial charge >= 0.3 is 0 Å². The van der Waals surface area contributed by atoms with Gasteiger partial charge in [0.05, 0.1) is 0 Å². The molecule has 1 saturated heterocycles. The van der Waals surface area contributed by atoms with Crippen LogP contribution in [-0.4, -0.2) is 56.1 Å². The first-order valence-electron chi connectivity index (χ1n) is 4.44. The number of carbonyl (C=O) groups is 2. The zero-order valence-corrected chi connectivity index (χ0v) is 8.16. The van der Waals surface area contributed by atoms with Crippen LogP contribution in [0.3, 0.4) is 0 Å². The van der Waals surface area contributed by atoms with Crippen molar-refractivity contribution in [3.63, 3.8) is 0 Å². The Bertz CT molecular complexity index is 232. The third-order valence-electron chi connectivity index (χ3n) is 2.14. The number of nitrogens with two attached hydrogens (primary N) is 1. The molecule has 0 aromatic heterocycles. The number of nitrogens with one attached hydrogen (secondary N) is 1. The molecule has 0 aromatic rings. The Morgan fingerprint density at radius 1 is 1.64 bits per heavy atom. The van der Waals surface area contributed by atoms with Gasteiger partial charge in [0.1, 0.15) is 12.6 Å². The molecule has 1 unspecified atom stereocenters. The molecule has 0 spiro atoms. The first-order valence-corrected chi connectivity index (χ1v) is 4.44. The average molecular weight is 201 g/mol.